The Bertz CT molecular complexity index is 1270. The average Bonchev–Trinajstić information content (AvgIpc) is 3.27. The van der Waals surface area contributed by atoms with Crippen molar-refractivity contribution in [3.05, 3.63) is 82.3 Å². The maximum Gasteiger partial charge on any atom is 0.278 e. The van der Waals surface area contributed by atoms with E-state index in [-0.39, 0.29) is 12.5 Å². The zero-order valence-corrected chi connectivity index (χ0v) is 19.2. The lowest BCUT2D eigenvalue weighted by atomic mass is 10.1. The second-order valence-corrected chi connectivity index (χ2v) is 7.92. The summed E-state index contributed by atoms with van der Waals surface area (Å²) in [6, 6.07) is 15.2. The van der Waals surface area contributed by atoms with Gasteiger partial charge in [0, 0.05) is 28.5 Å². The highest BCUT2D eigenvalue weighted by molar-refractivity contribution is 7.07. The van der Waals surface area contributed by atoms with Gasteiger partial charge in [0.05, 0.1) is 18.5 Å². The number of carbonyl (C=O) groups is 1. The summed E-state index contributed by atoms with van der Waals surface area (Å²) < 4.78 is 12.8. The van der Waals surface area contributed by atoms with Gasteiger partial charge in [0.25, 0.3) is 5.91 Å². The summed E-state index contributed by atoms with van der Waals surface area (Å²) in [7, 11) is 0. The molecule has 0 radical (unpaired) electrons. The molecule has 0 saturated heterocycles. The quantitative estimate of drug-likeness (QED) is 0.383. The van der Waals surface area contributed by atoms with Gasteiger partial charge in [-0.25, -0.2) is 10.4 Å². The highest BCUT2D eigenvalue weighted by atomic mass is 35.5. The smallest absolute Gasteiger partial charge is 0.278 e. The number of ether oxygens (including phenoxy) is 2. The maximum atomic E-state index is 12.3. The lowest BCUT2D eigenvalue weighted by Crippen LogP contribution is -2.28. The predicted octanol–water partition coefficient (Wildman–Crippen LogP) is 4.06. The third-order valence-corrected chi connectivity index (χ3v) is 5.50. The van der Waals surface area contributed by atoms with Crippen molar-refractivity contribution in [2.75, 3.05) is 13.2 Å². The van der Waals surface area contributed by atoms with Crippen molar-refractivity contribution >= 4 is 28.8 Å². The van der Waals surface area contributed by atoms with Crippen LogP contribution in [0.4, 0.5) is 0 Å². The van der Waals surface area contributed by atoms with Crippen molar-refractivity contribution in [1.82, 2.24) is 20.0 Å². The van der Waals surface area contributed by atoms with E-state index in [1.165, 1.54) is 29.9 Å². The largest absolute Gasteiger partial charge is 0.494 e. The molecule has 4 rings (SSSR count). The molecule has 2 aromatic heterocycles. The first-order valence-electron chi connectivity index (χ1n) is 10.0. The number of amides is 1. The Morgan fingerprint density at radius 3 is 2.61 bits per heavy atom. The maximum absolute atomic E-state index is 12.3. The van der Waals surface area contributed by atoms with Crippen LogP contribution in [0.2, 0.25) is 5.02 Å². The number of rotatable bonds is 8. The van der Waals surface area contributed by atoms with Gasteiger partial charge in [-0.05, 0) is 48.9 Å². The van der Waals surface area contributed by atoms with Gasteiger partial charge in [0.2, 0.25) is 10.7 Å². The van der Waals surface area contributed by atoms with Crippen molar-refractivity contribution in [3.63, 3.8) is 0 Å². The lowest BCUT2D eigenvalue weighted by Gasteiger charge is -2.11. The Hall–Kier alpha value is -3.69. The summed E-state index contributed by atoms with van der Waals surface area (Å²) in [5, 5.41) is 6.95. The van der Waals surface area contributed by atoms with Crippen LogP contribution in [0, 0.1) is 0 Å². The number of hydrogen-bond acceptors (Lipinski definition) is 7. The lowest BCUT2D eigenvalue weighted by molar-refractivity contribution is -0.123. The second kappa shape index (κ2) is 10.8. The molecule has 0 saturated carbocycles. The van der Waals surface area contributed by atoms with Gasteiger partial charge >= 0.3 is 0 Å². The molecule has 1 amide bonds. The number of benzene rings is 2. The summed E-state index contributed by atoms with van der Waals surface area (Å²) in [6.07, 6.45) is 4.44. The first kappa shape index (κ1) is 22.5. The molecule has 0 aliphatic carbocycles. The van der Waals surface area contributed by atoms with E-state index in [1.807, 2.05) is 65.4 Å². The molecule has 1 N–H and O–H groups in total. The van der Waals surface area contributed by atoms with E-state index < -0.39 is 5.91 Å². The Kier molecular flexibility index (Phi) is 7.33. The number of thiazole rings is 1. The van der Waals surface area contributed by atoms with E-state index in [0.29, 0.717) is 16.4 Å². The topological polar surface area (TPSA) is 90.6 Å². The van der Waals surface area contributed by atoms with Crippen molar-refractivity contribution in [1.29, 1.82) is 0 Å². The van der Waals surface area contributed by atoms with Crippen LogP contribution < -0.4 is 19.7 Å². The standard InChI is InChI=1S/C23H20ClN5O3S/c1-2-31-19-9-7-18(8-10-19)29-20(16-3-5-17(24)6-4-16)15-33-23(29)28-27-21(30)14-32-22-13-25-11-12-26-22/h3-13,15H,2,14H2,1H3,(H,27,30)/b28-23-. The van der Waals surface area contributed by atoms with Gasteiger partial charge in [-0.3, -0.25) is 14.3 Å². The van der Waals surface area contributed by atoms with Gasteiger partial charge in [0.15, 0.2) is 6.61 Å². The molecule has 0 aliphatic heterocycles. The minimum atomic E-state index is -0.416. The Morgan fingerprint density at radius 1 is 1.12 bits per heavy atom. The third-order valence-electron chi connectivity index (χ3n) is 4.42. The van der Waals surface area contributed by atoms with Gasteiger partial charge in [0.1, 0.15) is 5.75 Å². The van der Waals surface area contributed by atoms with Crippen LogP contribution in [-0.2, 0) is 4.79 Å². The third kappa shape index (κ3) is 5.76. The number of hydrogen-bond donors (Lipinski definition) is 1. The Labute approximate surface area is 199 Å². The number of halogens is 1. The van der Waals surface area contributed by atoms with E-state index in [9.17, 15) is 4.79 Å². The molecule has 168 valence electrons. The molecule has 2 heterocycles. The van der Waals surface area contributed by atoms with Crippen LogP contribution >= 0.6 is 22.9 Å². The van der Waals surface area contributed by atoms with Gasteiger partial charge in [-0.2, -0.15) is 0 Å². The fourth-order valence-electron chi connectivity index (χ4n) is 2.96. The summed E-state index contributed by atoms with van der Waals surface area (Å²) in [4.78, 5) is 20.7. The number of nitrogens with one attached hydrogen (secondary N) is 1. The molecule has 0 aliphatic rings. The molecular weight excluding hydrogens is 462 g/mol. The van der Waals surface area contributed by atoms with E-state index in [0.717, 1.165) is 22.7 Å². The molecule has 0 spiro atoms. The minimum absolute atomic E-state index is 0.235. The van der Waals surface area contributed by atoms with E-state index in [2.05, 4.69) is 20.5 Å². The summed E-state index contributed by atoms with van der Waals surface area (Å²) in [5.41, 5.74) is 5.28. The van der Waals surface area contributed by atoms with Crippen LogP contribution in [-0.4, -0.2) is 33.7 Å². The molecular formula is C23H20ClN5O3S. The summed E-state index contributed by atoms with van der Waals surface area (Å²) >= 11 is 7.46. The first-order valence-corrected chi connectivity index (χ1v) is 11.3. The van der Waals surface area contributed by atoms with Crippen LogP contribution in [0.25, 0.3) is 16.9 Å². The number of nitrogens with zero attached hydrogens (tertiary/aromatic N) is 4. The SMILES string of the molecule is CCOc1ccc(-n2c(-c3ccc(Cl)cc3)cs/c2=N\NC(=O)COc2cnccn2)cc1. The van der Waals surface area contributed by atoms with Crippen molar-refractivity contribution < 1.29 is 14.3 Å². The van der Waals surface area contributed by atoms with Crippen molar-refractivity contribution in [2.45, 2.75) is 6.92 Å². The van der Waals surface area contributed by atoms with E-state index >= 15 is 0 Å². The predicted molar refractivity (Wildman–Crippen MR) is 126 cm³/mol. The van der Waals surface area contributed by atoms with Crippen LogP contribution in [0.3, 0.4) is 0 Å². The monoisotopic (exact) mass is 481 g/mol. The normalized spacial score (nSPS) is 11.3. The van der Waals surface area contributed by atoms with E-state index in [4.69, 9.17) is 21.1 Å². The molecule has 33 heavy (non-hydrogen) atoms. The van der Waals surface area contributed by atoms with Crippen LogP contribution in [0.5, 0.6) is 11.6 Å². The zero-order valence-electron chi connectivity index (χ0n) is 17.6. The summed E-state index contributed by atoms with van der Waals surface area (Å²) in [6.45, 7) is 2.29. The van der Waals surface area contributed by atoms with Crippen LogP contribution in [0.15, 0.2) is 77.6 Å². The Balaban J connectivity index is 1.62. The summed E-state index contributed by atoms with van der Waals surface area (Å²) in [5.74, 6) is 0.622. The van der Waals surface area contributed by atoms with Gasteiger partial charge in [-0.15, -0.1) is 16.4 Å². The molecule has 0 bridgehead atoms. The molecule has 0 atom stereocenters. The number of carbonyl (C=O) groups excluding carboxylic acids is 1. The molecule has 10 heteroatoms. The minimum Gasteiger partial charge on any atom is -0.494 e. The fourth-order valence-corrected chi connectivity index (χ4v) is 3.95. The molecule has 4 aromatic rings. The van der Waals surface area contributed by atoms with Gasteiger partial charge in [-0.1, -0.05) is 23.7 Å². The average molecular weight is 482 g/mol. The molecule has 0 unspecified atom stereocenters. The highest BCUT2D eigenvalue weighted by Crippen LogP contribution is 2.26. The molecule has 0 fully saturated rings. The van der Waals surface area contributed by atoms with Crippen LogP contribution in [0.1, 0.15) is 6.92 Å². The number of aromatic nitrogens is 3. The van der Waals surface area contributed by atoms with Gasteiger partial charge < -0.3 is 9.47 Å². The molecule has 2 aromatic carbocycles. The van der Waals surface area contributed by atoms with Crippen molar-refractivity contribution in [2.24, 2.45) is 5.10 Å². The Morgan fingerprint density at radius 2 is 1.91 bits per heavy atom. The molecule has 8 nitrogen and oxygen atoms in total. The van der Waals surface area contributed by atoms with Crippen molar-refractivity contribution in [3.8, 4) is 28.6 Å². The van der Waals surface area contributed by atoms with E-state index in [1.54, 1.807) is 0 Å². The second-order valence-electron chi connectivity index (χ2n) is 6.65. The zero-order chi connectivity index (χ0) is 23.0. The first-order chi connectivity index (χ1) is 16.1. The highest BCUT2D eigenvalue weighted by Gasteiger charge is 2.11. The fraction of sp³-hybridized carbons (Fsp3) is 0.130.